The Morgan fingerprint density at radius 2 is 1.83 bits per heavy atom. The minimum Gasteiger partial charge on any atom is -0.481 e. The van der Waals surface area contributed by atoms with Crippen LogP contribution in [0.4, 0.5) is 0 Å². The van der Waals surface area contributed by atoms with Crippen molar-refractivity contribution in [3.05, 3.63) is 78.4 Å². The van der Waals surface area contributed by atoms with Crippen LogP contribution in [0.5, 0.6) is 5.75 Å². The summed E-state index contributed by atoms with van der Waals surface area (Å²) in [5.41, 5.74) is 3.43. The van der Waals surface area contributed by atoms with Gasteiger partial charge < -0.3 is 14.5 Å². The number of carbonyl (C=O) groups excluding carboxylic acids is 1. The lowest BCUT2D eigenvalue weighted by atomic mass is 10.1. The van der Waals surface area contributed by atoms with Crippen LogP contribution in [0.15, 0.2) is 71.3 Å². The van der Waals surface area contributed by atoms with Crippen LogP contribution in [-0.4, -0.2) is 22.0 Å². The van der Waals surface area contributed by atoms with Gasteiger partial charge in [-0.25, -0.2) is 4.98 Å². The summed E-state index contributed by atoms with van der Waals surface area (Å²) >= 11 is 0. The fourth-order valence-corrected chi connectivity index (χ4v) is 2.96. The molecule has 1 N–H and O–H groups in total. The number of hydrogen-bond acceptors (Lipinski definition) is 5. The minimum atomic E-state index is -0.627. The van der Waals surface area contributed by atoms with Gasteiger partial charge in [0.2, 0.25) is 0 Å². The number of amides is 1. The normalized spacial score (nSPS) is 11.9. The molecule has 4 aromatic rings. The highest BCUT2D eigenvalue weighted by Gasteiger charge is 2.15. The third-order valence-electron chi connectivity index (χ3n) is 4.51. The Morgan fingerprint density at radius 3 is 2.55 bits per heavy atom. The zero-order valence-corrected chi connectivity index (χ0v) is 16.3. The summed E-state index contributed by atoms with van der Waals surface area (Å²) < 4.78 is 11.2. The average Bonchev–Trinajstić information content (AvgIpc) is 3.17. The molecule has 0 aliphatic rings. The van der Waals surface area contributed by atoms with Gasteiger partial charge in [-0.05, 0) is 62.4 Å². The molecule has 6 nitrogen and oxygen atoms in total. The third kappa shape index (κ3) is 4.43. The Labute approximate surface area is 168 Å². The molecular formula is C23H21N3O3. The second-order valence-electron chi connectivity index (χ2n) is 6.76. The predicted octanol–water partition coefficient (Wildman–Crippen LogP) is 4.28. The second-order valence-corrected chi connectivity index (χ2v) is 6.76. The van der Waals surface area contributed by atoms with Crippen LogP contribution in [0.25, 0.3) is 22.3 Å². The van der Waals surface area contributed by atoms with Gasteiger partial charge in [0.05, 0.1) is 29.5 Å². The molecule has 1 amide bonds. The SMILES string of the molecule is Cc1ccc(CNC(=O)C(C)Oc2ccc(-c3cnc4ccccc4n3)cc2)o1. The predicted molar refractivity (Wildman–Crippen MR) is 110 cm³/mol. The van der Waals surface area contributed by atoms with E-state index in [0.717, 1.165) is 28.1 Å². The quantitative estimate of drug-likeness (QED) is 0.534. The van der Waals surface area contributed by atoms with E-state index in [1.165, 1.54) is 0 Å². The first-order chi connectivity index (χ1) is 14.1. The molecule has 146 valence electrons. The van der Waals surface area contributed by atoms with Gasteiger partial charge in [-0.15, -0.1) is 0 Å². The van der Waals surface area contributed by atoms with E-state index in [-0.39, 0.29) is 5.91 Å². The molecule has 0 fully saturated rings. The highest BCUT2D eigenvalue weighted by molar-refractivity contribution is 5.80. The number of ether oxygens (including phenoxy) is 1. The lowest BCUT2D eigenvalue weighted by molar-refractivity contribution is -0.127. The first-order valence-corrected chi connectivity index (χ1v) is 9.40. The third-order valence-corrected chi connectivity index (χ3v) is 4.51. The smallest absolute Gasteiger partial charge is 0.261 e. The molecule has 1 atom stereocenters. The van der Waals surface area contributed by atoms with E-state index < -0.39 is 6.10 Å². The zero-order chi connectivity index (χ0) is 20.2. The summed E-state index contributed by atoms with van der Waals surface area (Å²) in [5, 5.41) is 2.81. The van der Waals surface area contributed by atoms with Gasteiger partial charge in [0.15, 0.2) is 6.10 Å². The second kappa shape index (κ2) is 8.14. The summed E-state index contributed by atoms with van der Waals surface area (Å²) in [6.45, 7) is 3.91. The van der Waals surface area contributed by atoms with E-state index in [4.69, 9.17) is 9.15 Å². The Bertz CT molecular complexity index is 1140. The van der Waals surface area contributed by atoms with Crippen molar-refractivity contribution in [2.75, 3.05) is 0 Å². The number of para-hydroxylation sites is 2. The lowest BCUT2D eigenvalue weighted by Gasteiger charge is -2.14. The number of nitrogens with one attached hydrogen (secondary N) is 1. The van der Waals surface area contributed by atoms with Crippen molar-refractivity contribution in [3.8, 4) is 17.0 Å². The summed E-state index contributed by atoms with van der Waals surface area (Å²) in [6.07, 6.45) is 1.13. The van der Waals surface area contributed by atoms with Crippen molar-refractivity contribution in [3.63, 3.8) is 0 Å². The molecule has 2 heterocycles. The highest BCUT2D eigenvalue weighted by atomic mass is 16.5. The van der Waals surface area contributed by atoms with E-state index >= 15 is 0 Å². The molecule has 6 heteroatoms. The molecule has 4 rings (SSSR count). The molecule has 29 heavy (non-hydrogen) atoms. The largest absolute Gasteiger partial charge is 0.481 e. The number of furan rings is 1. The van der Waals surface area contributed by atoms with Crippen molar-refractivity contribution in [2.24, 2.45) is 0 Å². The number of benzene rings is 2. The molecule has 0 radical (unpaired) electrons. The Kier molecular flexibility index (Phi) is 5.24. The van der Waals surface area contributed by atoms with Crippen molar-refractivity contribution in [1.29, 1.82) is 0 Å². The number of nitrogens with zero attached hydrogens (tertiary/aromatic N) is 2. The van der Waals surface area contributed by atoms with Crippen LogP contribution >= 0.6 is 0 Å². The standard InChI is InChI=1S/C23H21N3O3/c1-15-7-10-19(28-15)13-25-23(27)16(2)29-18-11-8-17(9-12-18)22-14-24-20-5-3-4-6-21(20)26-22/h3-12,14,16H,13H2,1-2H3,(H,25,27). The molecule has 0 saturated carbocycles. The molecule has 0 aliphatic heterocycles. The molecular weight excluding hydrogens is 366 g/mol. The zero-order valence-electron chi connectivity index (χ0n) is 16.3. The van der Waals surface area contributed by atoms with E-state index in [0.29, 0.717) is 18.1 Å². The van der Waals surface area contributed by atoms with Crippen LogP contribution in [0, 0.1) is 6.92 Å². The highest BCUT2D eigenvalue weighted by Crippen LogP contribution is 2.22. The summed E-state index contributed by atoms with van der Waals surface area (Å²) in [5.74, 6) is 1.93. The van der Waals surface area contributed by atoms with Crippen molar-refractivity contribution in [1.82, 2.24) is 15.3 Å². The Hall–Kier alpha value is -3.67. The summed E-state index contributed by atoms with van der Waals surface area (Å²) in [6, 6.07) is 18.9. The van der Waals surface area contributed by atoms with Crippen LogP contribution in [-0.2, 0) is 11.3 Å². The van der Waals surface area contributed by atoms with Gasteiger partial charge in [-0.1, -0.05) is 12.1 Å². The lowest BCUT2D eigenvalue weighted by Crippen LogP contribution is -2.35. The van der Waals surface area contributed by atoms with Gasteiger partial charge in [0.1, 0.15) is 17.3 Å². The van der Waals surface area contributed by atoms with E-state index in [2.05, 4.69) is 15.3 Å². The van der Waals surface area contributed by atoms with Crippen molar-refractivity contribution < 1.29 is 13.9 Å². The number of aromatic nitrogens is 2. The minimum absolute atomic E-state index is 0.205. The molecule has 0 aliphatic carbocycles. The van der Waals surface area contributed by atoms with Gasteiger partial charge in [0.25, 0.3) is 5.91 Å². The van der Waals surface area contributed by atoms with Gasteiger partial charge >= 0.3 is 0 Å². The van der Waals surface area contributed by atoms with E-state index in [1.54, 1.807) is 13.1 Å². The Balaban J connectivity index is 1.38. The maximum absolute atomic E-state index is 12.2. The molecule has 2 aromatic heterocycles. The van der Waals surface area contributed by atoms with Crippen molar-refractivity contribution >= 4 is 16.9 Å². The maximum atomic E-state index is 12.2. The van der Waals surface area contributed by atoms with Crippen LogP contribution in [0.3, 0.4) is 0 Å². The molecule has 0 saturated heterocycles. The molecule has 0 spiro atoms. The van der Waals surface area contributed by atoms with Gasteiger partial charge in [0, 0.05) is 5.56 Å². The molecule has 0 bridgehead atoms. The van der Waals surface area contributed by atoms with Crippen LogP contribution in [0.1, 0.15) is 18.4 Å². The first-order valence-electron chi connectivity index (χ1n) is 9.40. The average molecular weight is 387 g/mol. The molecule has 1 unspecified atom stereocenters. The Morgan fingerprint density at radius 1 is 1.07 bits per heavy atom. The van der Waals surface area contributed by atoms with Crippen molar-refractivity contribution in [2.45, 2.75) is 26.5 Å². The van der Waals surface area contributed by atoms with Crippen LogP contribution < -0.4 is 10.1 Å². The van der Waals surface area contributed by atoms with E-state index in [1.807, 2.05) is 67.6 Å². The number of carbonyl (C=O) groups is 1. The fraction of sp³-hybridized carbons (Fsp3) is 0.174. The number of aryl methyl sites for hydroxylation is 1. The maximum Gasteiger partial charge on any atom is 0.261 e. The number of rotatable bonds is 6. The fourth-order valence-electron chi connectivity index (χ4n) is 2.96. The molecule has 2 aromatic carbocycles. The topological polar surface area (TPSA) is 77.2 Å². The number of fused-ring (bicyclic) bond motifs is 1. The van der Waals surface area contributed by atoms with Gasteiger partial charge in [-0.2, -0.15) is 0 Å². The summed E-state index contributed by atoms with van der Waals surface area (Å²) in [7, 11) is 0. The van der Waals surface area contributed by atoms with Gasteiger partial charge in [-0.3, -0.25) is 9.78 Å². The number of hydrogen-bond donors (Lipinski definition) is 1. The summed E-state index contributed by atoms with van der Waals surface area (Å²) in [4.78, 5) is 21.3. The van der Waals surface area contributed by atoms with Crippen LogP contribution in [0.2, 0.25) is 0 Å². The van der Waals surface area contributed by atoms with E-state index in [9.17, 15) is 4.79 Å². The monoisotopic (exact) mass is 387 g/mol. The first kappa shape index (κ1) is 18.7.